The van der Waals surface area contributed by atoms with Crippen molar-refractivity contribution in [3.8, 4) is 0 Å². The Hall–Kier alpha value is -0.845. The van der Waals surface area contributed by atoms with Gasteiger partial charge in [-0.2, -0.15) is 4.36 Å². The summed E-state index contributed by atoms with van der Waals surface area (Å²) in [5.74, 6) is 1.36. The highest BCUT2D eigenvalue weighted by Gasteiger charge is 2.51. The molecule has 6 heteroatoms. The first-order chi connectivity index (χ1) is 10.4. The molecule has 0 radical (unpaired) electrons. The van der Waals surface area contributed by atoms with Crippen LogP contribution >= 0.6 is 0 Å². The van der Waals surface area contributed by atoms with Crippen molar-refractivity contribution in [3.05, 3.63) is 24.3 Å². The summed E-state index contributed by atoms with van der Waals surface area (Å²) in [6.45, 7) is 12.4. The van der Waals surface area contributed by atoms with Gasteiger partial charge in [-0.3, -0.25) is 0 Å². The van der Waals surface area contributed by atoms with Crippen molar-refractivity contribution in [2.24, 2.45) is 9.78 Å². The maximum absolute atomic E-state index is 12.5. The Balaban J connectivity index is 1.77. The van der Waals surface area contributed by atoms with Crippen LogP contribution in [0.3, 0.4) is 0 Å². The molecule has 2 fully saturated rings. The fraction of sp³-hybridized carbons (Fsp3) is 0.647. The van der Waals surface area contributed by atoms with Crippen LogP contribution < -0.4 is 5.46 Å². The Labute approximate surface area is 140 Å². The van der Waals surface area contributed by atoms with Crippen molar-refractivity contribution in [3.63, 3.8) is 0 Å². The van der Waals surface area contributed by atoms with E-state index in [4.69, 9.17) is 9.31 Å². The molecule has 0 amide bonds. The third kappa shape index (κ3) is 3.21. The molecule has 2 heterocycles. The molecule has 0 spiro atoms. The molecule has 0 aliphatic carbocycles. The average molecular weight is 335 g/mol. The fourth-order valence-electron chi connectivity index (χ4n) is 3.11. The lowest BCUT2D eigenvalue weighted by Gasteiger charge is -2.37. The standard InChI is InChI=1S/C17H26BNO3S/c1-15(2)11-23(20,12-15)19-14-9-7-13(8-10-14)18-21-16(3,4)17(5,6)22-18/h7-10H,11-12H2,1-6H3. The molecule has 126 valence electrons. The summed E-state index contributed by atoms with van der Waals surface area (Å²) in [4.78, 5) is 0. The van der Waals surface area contributed by atoms with E-state index in [0.29, 0.717) is 11.5 Å². The lowest BCUT2D eigenvalue weighted by molar-refractivity contribution is 0.00578. The number of nitrogens with zero attached hydrogens (tertiary/aromatic N) is 1. The highest BCUT2D eigenvalue weighted by atomic mass is 32.2. The predicted molar refractivity (Wildman–Crippen MR) is 95.9 cm³/mol. The van der Waals surface area contributed by atoms with E-state index >= 15 is 0 Å². The normalized spacial score (nSPS) is 26.6. The molecular weight excluding hydrogens is 309 g/mol. The molecule has 0 atom stereocenters. The average Bonchev–Trinajstić information content (AvgIpc) is 2.56. The second kappa shape index (κ2) is 5.07. The highest BCUT2D eigenvalue weighted by Crippen LogP contribution is 2.37. The Kier molecular flexibility index (Phi) is 3.75. The summed E-state index contributed by atoms with van der Waals surface area (Å²) in [6.07, 6.45) is 0. The van der Waals surface area contributed by atoms with Crippen molar-refractivity contribution in [1.29, 1.82) is 0 Å². The third-order valence-electron chi connectivity index (χ3n) is 4.92. The summed E-state index contributed by atoms with van der Waals surface area (Å²) in [5, 5.41) is 0. The molecule has 1 aromatic rings. The largest absolute Gasteiger partial charge is 0.494 e. The van der Waals surface area contributed by atoms with E-state index in [0.717, 1.165) is 11.2 Å². The van der Waals surface area contributed by atoms with Gasteiger partial charge in [-0.1, -0.05) is 26.0 Å². The first-order valence-electron chi connectivity index (χ1n) is 8.10. The van der Waals surface area contributed by atoms with Crippen LogP contribution in [-0.2, 0) is 19.0 Å². The van der Waals surface area contributed by atoms with Crippen LogP contribution in [-0.4, -0.2) is 34.0 Å². The molecule has 2 saturated heterocycles. The molecule has 0 bridgehead atoms. The van der Waals surface area contributed by atoms with Crippen LogP contribution in [0.4, 0.5) is 5.69 Å². The summed E-state index contributed by atoms with van der Waals surface area (Å²) in [5.41, 5.74) is 1.20. The summed E-state index contributed by atoms with van der Waals surface area (Å²) in [7, 11) is -2.43. The number of rotatable bonds is 2. The molecule has 0 aromatic heterocycles. The van der Waals surface area contributed by atoms with Crippen LogP contribution in [0.5, 0.6) is 0 Å². The van der Waals surface area contributed by atoms with E-state index in [1.54, 1.807) is 0 Å². The Morgan fingerprint density at radius 2 is 1.43 bits per heavy atom. The number of hydrogen-bond donors (Lipinski definition) is 0. The lowest BCUT2D eigenvalue weighted by atomic mass is 9.79. The van der Waals surface area contributed by atoms with Crippen LogP contribution in [0.15, 0.2) is 28.6 Å². The number of hydrogen-bond acceptors (Lipinski definition) is 4. The zero-order valence-corrected chi connectivity index (χ0v) is 15.7. The SMILES string of the molecule is CC1(C)CS(=O)(=Nc2ccc(B3OC(C)(C)C(C)(C)O3)cc2)C1. The second-order valence-corrected chi connectivity index (χ2v) is 10.8. The summed E-state index contributed by atoms with van der Waals surface area (Å²) < 4.78 is 29.1. The molecule has 1 aromatic carbocycles. The molecule has 0 saturated carbocycles. The van der Waals surface area contributed by atoms with Crippen molar-refractivity contribution in [2.45, 2.75) is 52.7 Å². The molecular formula is C17H26BNO3S. The Morgan fingerprint density at radius 3 is 1.87 bits per heavy atom. The maximum atomic E-state index is 12.5. The second-order valence-electron chi connectivity index (χ2n) is 8.50. The van der Waals surface area contributed by atoms with E-state index in [2.05, 4.69) is 18.2 Å². The molecule has 2 aliphatic heterocycles. The fourth-order valence-corrected chi connectivity index (χ4v) is 6.10. The monoisotopic (exact) mass is 335 g/mol. The molecule has 2 aliphatic rings. The summed E-state index contributed by atoms with van der Waals surface area (Å²) in [6, 6.07) is 7.71. The van der Waals surface area contributed by atoms with Gasteiger partial charge >= 0.3 is 7.12 Å². The van der Waals surface area contributed by atoms with E-state index in [1.807, 2.05) is 52.0 Å². The Morgan fingerprint density at radius 1 is 0.957 bits per heavy atom. The van der Waals surface area contributed by atoms with Gasteiger partial charge in [0, 0.05) is 11.5 Å². The van der Waals surface area contributed by atoms with Gasteiger partial charge in [-0.15, -0.1) is 0 Å². The van der Waals surface area contributed by atoms with Gasteiger partial charge in [0.15, 0.2) is 0 Å². The van der Waals surface area contributed by atoms with Gasteiger partial charge in [-0.05, 0) is 50.7 Å². The molecule has 3 rings (SSSR count). The summed E-state index contributed by atoms with van der Waals surface area (Å²) >= 11 is 0. The predicted octanol–water partition coefficient (Wildman–Crippen LogP) is 3.13. The van der Waals surface area contributed by atoms with Gasteiger partial charge < -0.3 is 9.31 Å². The van der Waals surface area contributed by atoms with Crippen molar-refractivity contribution >= 4 is 28.0 Å². The van der Waals surface area contributed by atoms with E-state index in [9.17, 15) is 4.21 Å². The quantitative estimate of drug-likeness (QED) is 0.780. The molecule has 0 unspecified atom stereocenters. The van der Waals surface area contributed by atoms with E-state index in [1.165, 1.54) is 0 Å². The van der Waals surface area contributed by atoms with Gasteiger partial charge in [-0.25, -0.2) is 4.21 Å². The van der Waals surface area contributed by atoms with Crippen LogP contribution in [0, 0.1) is 5.41 Å². The molecule has 0 N–H and O–H groups in total. The smallest absolute Gasteiger partial charge is 0.399 e. The van der Waals surface area contributed by atoms with Crippen LogP contribution in [0.2, 0.25) is 0 Å². The minimum absolute atomic E-state index is 0.156. The maximum Gasteiger partial charge on any atom is 0.494 e. The van der Waals surface area contributed by atoms with Crippen molar-refractivity contribution < 1.29 is 13.5 Å². The van der Waals surface area contributed by atoms with Crippen molar-refractivity contribution in [2.75, 3.05) is 11.5 Å². The van der Waals surface area contributed by atoms with Gasteiger partial charge in [0.05, 0.1) is 26.6 Å². The van der Waals surface area contributed by atoms with Crippen LogP contribution in [0.1, 0.15) is 41.5 Å². The van der Waals surface area contributed by atoms with Gasteiger partial charge in [0.2, 0.25) is 0 Å². The highest BCUT2D eigenvalue weighted by molar-refractivity contribution is 7.95. The zero-order chi connectivity index (χ0) is 17.1. The van der Waals surface area contributed by atoms with Crippen molar-refractivity contribution in [1.82, 2.24) is 0 Å². The minimum Gasteiger partial charge on any atom is -0.399 e. The van der Waals surface area contributed by atoms with Gasteiger partial charge in [0.1, 0.15) is 0 Å². The molecule has 23 heavy (non-hydrogen) atoms. The molecule has 4 nitrogen and oxygen atoms in total. The lowest BCUT2D eigenvalue weighted by Crippen LogP contribution is -2.43. The van der Waals surface area contributed by atoms with Crippen LogP contribution in [0.25, 0.3) is 0 Å². The topological polar surface area (TPSA) is 47.9 Å². The van der Waals surface area contributed by atoms with Gasteiger partial charge in [0.25, 0.3) is 0 Å². The third-order valence-corrected chi connectivity index (χ3v) is 7.93. The Bertz CT molecular complexity index is 701. The number of benzene rings is 1. The van der Waals surface area contributed by atoms with E-state index < -0.39 is 9.73 Å². The van der Waals surface area contributed by atoms with E-state index in [-0.39, 0.29) is 23.7 Å². The first-order valence-corrected chi connectivity index (χ1v) is 9.95. The first kappa shape index (κ1) is 17.0. The minimum atomic E-state index is -2.06. The zero-order valence-electron chi connectivity index (χ0n) is 14.9.